The second-order valence-corrected chi connectivity index (χ2v) is 5.23. The summed E-state index contributed by atoms with van der Waals surface area (Å²) in [7, 11) is -2.95. The maximum absolute atomic E-state index is 13.4. The molecule has 1 rings (SSSR count). The first-order valence-corrected chi connectivity index (χ1v) is 6.48. The van der Waals surface area contributed by atoms with Gasteiger partial charge in [-0.2, -0.15) is 8.42 Å². The van der Waals surface area contributed by atoms with Crippen molar-refractivity contribution in [1.82, 2.24) is 0 Å². The first-order valence-electron chi connectivity index (χ1n) is 5.04. The van der Waals surface area contributed by atoms with Gasteiger partial charge in [0.2, 0.25) is 0 Å². The van der Waals surface area contributed by atoms with E-state index in [4.69, 9.17) is 4.55 Å². The van der Waals surface area contributed by atoms with Gasteiger partial charge in [-0.1, -0.05) is 17.7 Å². The van der Waals surface area contributed by atoms with Crippen molar-refractivity contribution in [2.45, 2.75) is 24.4 Å². The normalized spacial score (nSPS) is 13.6. The molecule has 1 N–H and O–H groups in total. The van der Waals surface area contributed by atoms with Crippen LogP contribution in [0.1, 0.15) is 11.1 Å². The molecule has 0 aromatic heterocycles. The molecule has 0 amide bonds. The molecule has 6 heteroatoms. The summed E-state index contributed by atoms with van der Waals surface area (Å²) in [6, 6.07) is 4.38. The molecule has 0 fully saturated rings. The zero-order valence-corrected chi connectivity index (χ0v) is 10.5. The fourth-order valence-electron chi connectivity index (χ4n) is 1.60. The molecule has 96 valence electrons. The van der Waals surface area contributed by atoms with E-state index < -0.39 is 16.3 Å². The van der Waals surface area contributed by atoms with Crippen molar-refractivity contribution in [1.29, 1.82) is 0 Å². The van der Waals surface area contributed by atoms with Crippen molar-refractivity contribution < 1.29 is 22.1 Å². The highest BCUT2D eigenvalue weighted by Gasteiger charge is 2.18. The molecule has 0 spiro atoms. The van der Waals surface area contributed by atoms with E-state index in [1.807, 2.05) is 0 Å². The van der Waals surface area contributed by atoms with E-state index >= 15 is 0 Å². The van der Waals surface area contributed by atoms with E-state index in [1.54, 1.807) is 19.1 Å². The van der Waals surface area contributed by atoms with Crippen LogP contribution in [0.25, 0.3) is 0 Å². The maximum atomic E-state index is 13.4. The Morgan fingerprint density at radius 2 is 2.12 bits per heavy atom. The number of rotatable bonds is 5. The predicted octanol–water partition coefficient (Wildman–Crippen LogP) is 1.77. The second kappa shape index (κ2) is 5.57. The number of benzene rings is 1. The third-order valence-corrected chi connectivity index (χ3v) is 3.24. The van der Waals surface area contributed by atoms with E-state index in [-0.39, 0.29) is 23.5 Å². The lowest BCUT2D eigenvalue weighted by atomic mass is 10.1. The number of aryl methyl sites for hydroxylation is 1. The predicted molar refractivity (Wildman–Crippen MR) is 61.5 cm³/mol. The van der Waals surface area contributed by atoms with E-state index in [1.165, 1.54) is 13.2 Å². The Morgan fingerprint density at radius 1 is 1.47 bits per heavy atom. The van der Waals surface area contributed by atoms with Gasteiger partial charge < -0.3 is 4.74 Å². The van der Waals surface area contributed by atoms with Gasteiger partial charge in [0.25, 0.3) is 10.1 Å². The van der Waals surface area contributed by atoms with Gasteiger partial charge in [-0.15, -0.1) is 0 Å². The van der Waals surface area contributed by atoms with Crippen molar-refractivity contribution in [3.05, 3.63) is 29.3 Å². The zero-order valence-electron chi connectivity index (χ0n) is 9.68. The number of methoxy groups -OCH3 is 1. The molecule has 0 heterocycles. The van der Waals surface area contributed by atoms with Gasteiger partial charge in [-0.05, 0) is 18.6 Å². The van der Waals surface area contributed by atoms with Crippen molar-refractivity contribution in [2.24, 2.45) is 0 Å². The monoisotopic (exact) mass is 262 g/mol. The van der Waals surface area contributed by atoms with E-state index in [0.29, 0.717) is 0 Å². The van der Waals surface area contributed by atoms with Crippen LogP contribution in [0, 0.1) is 6.92 Å². The molecule has 0 bridgehead atoms. The second-order valence-electron chi connectivity index (χ2n) is 3.84. The van der Waals surface area contributed by atoms with Crippen LogP contribution >= 0.6 is 0 Å². The summed E-state index contributed by atoms with van der Waals surface area (Å²) in [4.78, 5) is -0.248. The van der Waals surface area contributed by atoms with Gasteiger partial charge in [0, 0.05) is 13.5 Å². The molecule has 4 nitrogen and oxygen atoms in total. The van der Waals surface area contributed by atoms with Crippen LogP contribution in [0.15, 0.2) is 23.1 Å². The summed E-state index contributed by atoms with van der Waals surface area (Å²) in [6.07, 6.45) is -1.41. The third kappa shape index (κ3) is 4.07. The molecule has 1 aromatic rings. The van der Waals surface area contributed by atoms with Gasteiger partial charge in [0.05, 0.1) is 11.5 Å². The van der Waals surface area contributed by atoms with Crippen LogP contribution in [0.3, 0.4) is 0 Å². The lowest BCUT2D eigenvalue weighted by Gasteiger charge is -2.11. The Morgan fingerprint density at radius 3 is 2.65 bits per heavy atom. The fourth-order valence-corrected chi connectivity index (χ4v) is 2.31. The molecular formula is C11H15FO4S. The first-order chi connectivity index (χ1) is 7.84. The molecule has 0 saturated heterocycles. The summed E-state index contributed by atoms with van der Waals surface area (Å²) in [5.74, 6) is 0. The number of alkyl halides is 1. The summed E-state index contributed by atoms with van der Waals surface area (Å²) in [6.45, 7) is 1.65. The lowest BCUT2D eigenvalue weighted by molar-refractivity contribution is 0.123. The first kappa shape index (κ1) is 14.1. The Hall–Kier alpha value is -0.980. The van der Waals surface area contributed by atoms with Gasteiger partial charge in [-0.3, -0.25) is 4.55 Å². The van der Waals surface area contributed by atoms with Crippen LogP contribution in [0.2, 0.25) is 0 Å². The molecular weight excluding hydrogens is 247 g/mol. The molecule has 0 saturated carbocycles. The molecule has 1 unspecified atom stereocenters. The minimum atomic E-state index is -4.32. The molecule has 0 aliphatic carbocycles. The maximum Gasteiger partial charge on any atom is 0.294 e. The topological polar surface area (TPSA) is 63.6 Å². The van der Waals surface area contributed by atoms with E-state index in [9.17, 15) is 12.8 Å². The Kier molecular flexibility index (Phi) is 4.62. The SMILES string of the molecule is COCC(F)Cc1cc(C)ccc1S(=O)(=O)O. The third-order valence-electron chi connectivity index (χ3n) is 2.28. The standard InChI is InChI=1S/C11H15FO4S/c1-8-3-4-11(17(13,14)15)9(5-8)6-10(12)7-16-2/h3-5,10H,6-7H2,1-2H3,(H,13,14,15). The van der Waals surface area contributed by atoms with Crippen LogP contribution in [-0.2, 0) is 21.3 Å². The smallest absolute Gasteiger partial charge is 0.294 e. The number of hydrogen-bond donors (Lipinski definition) is 1. The van der Waals surface area contributed by atoms with Crippen LogP contribution < -0.4 is 0 Å². The number of hydrogen-bond acceptors (Lipinski definition) is 3. The molecule has 0 radical (unpaired) electrons. The Balaban J connectivity index is 3.08. The van der Waals surface area contributed by atoms with Gasteiger partial charge in [0.15, 0.2) is 0 Å². The molecule has 1 atom stereocenters. The largest absolute Gasteiger partial charge is 0.382 e. The quantitative estimate of drug-likeness (QED) is 0.821. The highest BCUT2D eigenvalue weighted by molar-refractivity contribution is 7.85. The van der Waals surface area contributed by atoms with Crippen molar-refractivity contribution in [3.63, 3.8) is 0 Å². The zero-order chi connectivity index (χ0) is 13.1. The average Bonchev–Trinajstić information content (AvgIpc) is 2.15. The van der Waals surface area contributed by atoms with Gasteiger partial charge in [0.1, 0.15) is 6.17 Å². The Bertz CT molecular complexity index is 484. The number of ether oxygens (including phenoxy) is 1. The summed E-state index contributed by atoms with van der Waals surface area (Å²) < 4.78 is 49.3. The molecule has 1 aromatic carbocycles. The minimum Gasteiger partial charge on any atom is -0.382 e. The van der Waals surface area contributed by atoms with Crippen molar-refractivity contribution in [3.8, 4) is 0 Å². The summed E-state index contributed by atoms with van der Waals surface area (Å²) in [5, 5.41) is 0. The Labute approximate surface area is 100 Å². The van der Waals surface area contributed by atoms with Gasteiger partial charge >= 0.3 is 0 Å². The van der Waals surface area contributed by atoms with Crippen LogP contribution in [-0.4, -0.2) is 32.9 Å². The molecule has 0 aliphatic rings. The lowest BCUT2D eigenvalue weighted by Crippen LogP contribution is -2.14. The fraction of sp³-hybridized carbons (Fsp3) is 0.455. The molecule has 17 heavy (non-hydrogen) atoms. The average molecular weight is 262 g/mol. The van der Waals surface area contributed by atoms with Crippen molar-refractivity contribution in [2.75, 3.05) is 13.7 Å². The van der Waals surface area contributed by atoms with E-state index in [2.05, 4.69) is 4.74 Å². The molecule has 0 aliphatic heterocycles. The highest BCUT2D eigenvalue weighted by Crippen LogP contribution is 2.19. The van der Waals surface area contributed by atoms with Crippen LogP contribution in [0.5, 0.6) is 0 Å². The minimum absolute atomic E-state index is 0.107. The van der Waals surface area contributed by atoms with Crippen LogP contribution in [0.4, 0.5) is 4.39 Å². The number of halogens is 1. The van der Waals surface area contributed by atoms with E-state index in [0.717, 1.165) is 5.56 Å². The summed E-state index contributed by atoms with van der Waals surface area (Å²) in [5.41, 5.74) is 1.06. The van der Waals surface area contributed by atoms with Gasteiger partial charge in [-0.25, -0.2) is 4.39 Å². The summed E-state index contributed by atoms with van der Waals surface area (Å²) >= 11 is 0. The highest BCUT2D eigenvalue weighted by atomic mass is 32.2. The van der Waals surface area contributed by atoms with Crippen molar-refractivity contribution >= 4 is 10.1 Å².